The molecule has 0 aliphatic carbocycles. The van der Waals surface area contributed by atoms with Crippen molar-refractivity contribution in [2.45, 2.75) is 59.9 Å². The molecule has 0 aromatic carbocycles. The summed E-state index contributed by atoms with van der Waals surface area (Å²) >= 11 is 0. The summed E-state index contributed by atoms with van der Waals surface area (Å²) in [6.45, 7) is 17.3. The minimum atomic E-state index is -0.387. The van der Waals surface area contributed by atoms with Crippen LogP contribution >= 0.6 is 0 Å². The molecule has 3 heteroatoms. The van der Waals surface area contributed by atoms with Crippen molar-refractivity contribution in [1.29, 1.82) is 5.26 Å². The van der Waals surface area contributed by atoms with Crippen LogP contribution in [0.15, 0.2) is 0 Å². The van der Waals surface area contributed by atoms with Crippen molar-refractivity contribution in [2.75, 3.05) is 26.2 Å². The fourth-order valence-corrected chi connectivity index (χ4v) is 2.26. The smallest absolute Gasteiger partial charge is 0.105 e. The van der Waals surface area contributed by atoms with E-state index in [2.05, 4.69) is 50.9 Å². The molecule has 1 atom stereocenters. The van der Waals surface area contributed by atoms with E-state index in [1.807, 2.05) is 6.92 Å². The topological polar surface area (TPSA) is 39.1 Å². The zero-order valence-corrected chi connectivity index (χ0v) is 13.8. The van der Waals surface area contributed by atoms with E-state index in [0.717, 1.165) is 39.0 Å². The molecule has 0 aromatic heterocycles. The quantitative estimate of drug-likeness (QED) is 0.660. The van der Waals surface area contributed by atoms with Gasteiger partial charge in [0.1, 0.15) is 5.54 Å². The molecule has 0 aliphatic rings. The SMILES string of the molecule is CCCNC(C)(C#N)CCN(CC(C)C)CC(C)C. The van der Waals surface area contributed by atoms with Crippen molar-refractivity contribution in [3.05, 3.63) is 0 Å². The van der Waals surface area contributed by atoms with Crippen molar-refractivity contribution >= 4 is 0 Å². The molecule has 3 nitrogen and oxygen atoms in total. The van der Waals surface area contributed by atoms with Gasteiger partial charge in [-0.25, -0.2) is 0 Å². The highest BCUT2D eigenvalue weighted by molar-refractivity contribution is 5.03. The Morgan fingerprint density at radius 1 is 1.16 bits per heavy atom. The Bertz CT molecular complexity index is 258. The molecule has 19 heavy (non-hydrogen) atoms. The summed E-state index contributed by atoms with van der Waals surface area (Å²) in [6.07, 6.45) is 1.96. The van der Waals surface area contributed by atoms with Crippen LogP contribution in [0.3, 0.4) is 0 Å². The third-order valence-corrected chi connectivity index (χ3v) is 3.19. The molecule has 0 radical (unpaired) electrons. The summed E-state index contributed by atoms with van der Waals surface area (Å²) in [5.74, 6) is 1.35. The fraction of sp³-hybridized carbons (Fsp3) is 0.938. The summed E-state index contributed by atoms with van der Waals surface area (Å²) in [4.78, 5) is 2.50. The summed E-state index contributed by atoms with van der Waals surface area (Å²) in [5, 5.41) is 12.7. The first kappa shape index (κ1) is 18.4. The van der Waals surface area contributed by atoms with E-state index in [9.17, 15) is 5.26 Å². The lowest BCUT2D eigenvalue weighted by Gasteiger charge is -2.30. The molecule has 112 valence electrons. The lowest BCUT2D eigenvalue weighted by Crippen LogP contribution is -2.45. The molecule has 0 bridgehead atoms. The maximum Gasteiger partial charge on any atom is 0.105 e. The van der Waals surface area contributed by atoms with Crippen LogP contribution in [-0.2, 0) is 0 Å². The van der Waals surface area contributed by atoms with Gasteiger partial charge in [-0.2, -0.15) is 5.26 Å². The second kappa shape index (κ2) is 9.34. The fourth-order valence-electron chi connectivity index (χ4n) is 2.26. The van der Waals surface area contributed by atoms with E-state index < -0.39 is 0 Å². The van der Waals surface area contributed by atoms with Crippen molar-refractivity contribution < 1.29 is 0 Å². The number of hydrogen-bond acceptors (Lipinski definition) is 3. The third kappa shape index (κ3) is 9.02. The Labute approximate surface area is 120 Å². The first-order valence-electron chi connectivity index (χ1n) is 7.71. The zero-order chi connectivity index (χ0) is 14.9. The van der Waals surface area contributed by atoms with Crippen LogP contribution < -0.4 is 5.32 Å². The van der Waals surface area contributed by atoms with Gasteiger partial charge in [0.05, 0.1) is 6.07 Å². The van der Waals surface area contributed by atoms with Gasteiger partial charge in [-0.1, -0.05) is 34.6 Å². The van der Waals surface area contributed by atoms with Crippen LogP contribution in [0, 0.1) is 23.2 Å². The van der Waals surface area contributed by atoms with E-state index in [4.69, 9.17) is 0 Å². The van der Waals surface area contributed by atoms with Gasteiger partial charge in [0.25, 0.3) is 0 Å². The van der Waals surface area contributed by atoms with Crippen molar-refractivity contribution in [2.24, 2.45) is 11.8 Å². The Morgan fingerprint density at radius 3 is 2.05 bits per heavy atom. The zero-order valence-electron chi connectivity index (χ0n) is 13.8. The van der Waals surface area contributed by atoms with E-state index in [1.54, 1.807) is 0 Å². The Morgan fingerprint density at radius 2 is 1.68 bits per heavy atom. The van der Waals surface area contributed by atoms with Gasteiger partial charge >= 0.3 is 0 Å². The van der Waals surface area contributed by atoms with Crippen LogP contribution in [0.5, 0.6) is 0 Å². The number of nitrogens with one attached hydrogen (secondary N) is 1. The second-order valence-electron chi connectivity index (χ2n) is 6.67. The molecule has 0 saturated heterocycles. The van der Waals surface area contributed by atoms with Gasteiger partial charge in [-0.3, -0.25) is 5.32 Å². The second-order valence-corrected chi connectivity index (χ2v) is 6.67. The lowest BCUT2D eigenvalue weighted by molar-refractivity contribution is 0.201. The molecular weight excluding hydrogens is 234 g/mol. The molecule has 0 fully saturated rings. The third-order valence-electron chi connectivity index (χ3n) is 3.19. The molecule has 0 heterocycles. The van der Waals surface area contributed by atoms with Crippen LogP contribution in [0.4, 0.5) is 0 Å². The molecule has 1 unspecified atom stereocenters. The number of nitriles is 1. The summed E-state index contributed by atoms with van der Waals surface area (Å²) in [5.41, 5.74) is -0.387. The Hall–Kier alpha value is -0.590. The molecule has 0 amide bonds. The molecule has 0 aromatic rings. The highest BCUT2D eigenvalue weighted by Gasteiger charge is 2.23. The maximum absolute atomic E-state index is 9.36. The molecular formula is C16H33N3. The van der Waals surface area contributed by atoms with Crippen LogP contribution in [0.1, 0.15) is 54.4 Å². The first-order chi connectivity index (χ1) is 8.83. The van der Waals surface area contributed by atoms with Crippen LogP contribution in [-0.4, -0.2) is 36.6 Å². The minimum absolute atomic E-state index is 0.387. The predicted octanol–water partition coefficient (Wildman–Crippen LogP) is 3.27. The van der Waals surface area contributed by atoms with Crippen molar-refractivity contribution in [3.63, 3.8) is 0 Å². The lowest BCUT2D eigenvalue weighted by atomic mass is 9.98. The molecule has 1 N–H and O–H groups in total. The van der Waals surface area contributed by atoms with Gasteiger partial charge in [-0.15, -0.1) is 0 Å². The van der Waals surface area contributed by atoms with Gasteiger partial charge in [-0.05, 0) is 38.1 Å². The molecule has 0 saturated carbocycles. The Kier molecular flexibility index (Phi) is 9.05. The molecule has 0 aliphatic heterocycles. The van der Waals surface area contributed by atoms with E-state index in [1.165, 1.54) is 0 Å². The van der Waals surface area contributed by atoms with Crippen molar-refractivity contribution in [1.82, 2.24) is 10.2 Å². The standard InChI is InChI=1S/C16H33N3/c1-7-9-18-16(6,13-17)8-10-19(11-14(2)3)12-15(4)5/h14-15,18H,7-12H2,1-6H3. The molecule has 0 rings (SSSR count). The summed E-state index contributed by atoms with van der Waals surface area (Å²) in [6, 6.07) is 2.44. The highest BCUT2D eigenvalue weighted by atomic mass is 15.1. The maximum atomic E-state index is 9.36. The van der Waals surface area contributed by atoms with Gasteiger partial charge in [0.2, 0.25) is 0 Å². The van der Waals surface area contributed by atoms with Gasteiger partial charge < -0.3 is 4.90 Å². The first-order valence-corrected chi connectivity index (χ1v) is 7.71. The number of hydrogen-bond donors (Lipinski definition) is 1. The normalized spacial score (nSPS) is 14.9. The van der Waals surface area contributed by atoms with Crippen molar-refractivity contribution in [3.8, 4) is 6.07 Å². The van der Waals surface area contributed by atoms with E-state index >= 15 is 0 Å². The summed E-state index contributed by atoms with van der Waals surface area (Å²) < 4.78 is 0. The van der Waals surface area contributed by atoms with Gasteiger partial charge in [0, 0.05) is 19.6 Å². The van der Waals surface area contributed by atoms with E-state index in [0.29, 0.717) is 11.8 Å². The van der Waals surface area contributed by atoms with E-state index in [-0.39, 0.29) is 5.54 Å². The van der Waals surface area contributed by atoms with Crippen LogP contribution in [0.25, 0.3) is 0 Å². The average Bonchev–Trinajstić information content (AvgIpc) is 2.32. The largest absolute Gasteiger partial charge is 0.303 e. The van der Waals surface area contributed by atoms with Gasteiger partial charge in [0.15, 0.2) is 0 Å². The average molecular weight is 267 g/mol. The number of nitrogens with zero attached hydrogens (tertiary/aromatic N) is 2. The highest BCUT2D eigenvalue weighted by Crippen LogP contribution is 2.12. The minimum Gasteiger partial charge on any atom is -0.303 e. The Balaban J connectivity index is 4.37. The predicted molar refractivity (Wildman–Crippen MR) is 83.0 cm³/mol. The number of rotatable bonds is 10. The van der Waals surface area contributed by atoms with Crippen LogP contribution in [0.2, 0.25) is 0 Å². The monoisotopic (exact) mass is 267 g/mol. The molecule has 0 spiro atoms. The summed E-state index contributed by atoms with van der Waals surface area (Å²) in [7, 11) is 0.